The van der Waals surface area contributed by atoms with Crippen molar-refractivity contribution in [2.24, 2.45) is 5.84 Å². The second-order valence-electron chi connectivity index (χ2n) is 2.87. The van der Waals surface area contributed by atoms with Crippen LogP contribution in [0.1, 0.15) is 10.4 Å². The number of H-pyrrole nitrogens is 1. The van der Waals surface area contributed by atoms with Gasteiger partial charge in [0.25, 0.3) is 5.91 Å². The molecule has 0 saturated heterocycles. The normalized spacial score (nSPS) is 10.4. The van der Waals surface area contributed by atoms with E-state index in [0.29, 0.717) is 10.6 Å². The molecule has 0 bridgehead atoms. The number of hydrazine groups is 1. The first-order valence-corrected chi connectivity index (χ1v) is 4.38. The van der Waals surface area contributed by atoms with Crippen LogP contribution in [-0.2, 0) is 0 Å². The SMILES string of the molecule is NNC(=O)c1c[nH]c2cc(Cl)ccc12. The Hall–Kier alpha value is -1.52. The highest BCUT2D eigenvalue weighted by Crippen LogP contribution is 2.21. The monoisotopic (exact) mass is 209 g/mol. The van der Waals surface area contributed by atoms with Crippen molar-refractivity contribution in [3.8, 4) is 0 Å². The van der Waals surface area contributed by atoms with Gasteiger partial charge in [0.15, 0.2) is 0 Å². The molecule has 0 aliphatic rings. The summed E-state index contributed by atoms with van der Waals surface area (Å²) < 4.78 is 0. The standard InChI is InChI=1S/C9H8ClN3O/c10-5-1-2-6-7(9(14)13-11)4-12-8(6)3-5/h1-4,12H,11H2,(H,13,14). The van der Waals surface area contributed by atoms with Gasteiger partial charge in [0, 0.05) is 22.1 Å². The Bertz CT molecular complexity index is 492. The fourth-order valence-electron chi connectivity index (χ4n) is 1.36. The minimum Gasteiger partial charge on any atom is -0.360 e. The number of carbonyl (C=O) groups excluding carboxylic acids is 1. The lowest BCUT2D eigenvalue weighted by atomic mass is 10.2. The Labute approximate surface area is 85.0 Å². The molecule has 0 aliphatic heterocycles. The highest BCUT2D eigenvalue weighted by molar-refractivity contribution is 6.31. The van der Waals surface area contributed by atoms with E-state index in [-0.39, 0.29) is 5.91 Å². The zero-order chi connectivity index (χ0) is 10.1. The van der Waals surface area contributed by atoms with Gasteiger partial charge in [-0.15, -0.1) is 0 Å². The van der Waals surface area contributed by atoms with Gasteiger partial charge in [-0.1, -0.05) is 17.7 Å². The third-order valence-electron chi connectivity index (χ3n) is 2.02. The molecule has 5 heteroatoms. The highest BCUT2D eigenvalue weighted by atomic mass is 35.5. The second kappa shape index (κ2) is 3.32. The summed E-state index contributed by atoms with van der Waals surface area (Å²) in [4.78, 5) is 14.2. The molecule has 0 aliphatic carbocycles. The average Bonchev–Trinajstić information content (AvgIpc) is 2.59. The van der Waals surface area contributed by atoms with E-state index in [0.717, 1.165) is 10.9 Å². The first-order chi connectivity index (χ1) is 6.72. The van der Waals surface area contributed by atoms with Crippen LogP contribution in [0.2, 0.25) is 5.02 Å². The summed E-state index contributed by atoms with van der Waals surface area (Å²) in [6.07, 6.45) is 1.60. The number of hydrogen-bond acceptors (Lipinski definition) is 2. The second-order valence-corrected chi connectivity index (χ2v) is 3.30. The molecule has 0 unspecified atom stereocenters. The third-order valence-corrected chi connectivity index (χ3v) is 2.25. The largest absolute Gasteiger partial charge is 0.360 e. The molecule has 4 nitrogen and oxygen atoms in total. The molecule has 2 rings (SSSR count). The van der Waals surface area contributed by atoms with Crippen LogP contribution in [0.15, 0.2) is 24.4 Å². The lowest BCUT2D eigenvalue weighted by Gasteiger charge is -1.96. The molecule has 1 amide bonds. The number of nitrogen functional groups attached to an aromatic ring is 1. The van der Waals surface area contributed by atoms with E-state index in [1.165, 1.54) is 0 Å². The van der Waals surface area contributed by atoms with E-state index >= 15 is 0 Å². The fourth-order valence-corrected chi connectivity index (χ4v) is 1.54. The molecular formula is C9H8ClN3O. The number of amides is 1. The molecule has 0 spiro atoms. The van der Waals surface area contributed by atoms with Crippen LogP contribution in [0.3, 0.4) is 0 Å². The van der Waals surface area contributed by atoms with Crippen molar-refractivity contribution in [3.63, 3.8) is 0 Å². The summed E-state index contributed by atoms with van der Waals surface area (Å²) in [7, 11) is 0. The number of nitrogens with two attached hydrogens (primary N) is 1. The molecule has 1 aromatic heterocycles. The number of halogens is 1. The van der Waals surface area contributed by atoms with E-state index in [2.05, 4.69) is 10.4 Å². The summed E-state index contributed by atoms with van der Waals surface area (Å²) in [5.41, 5.74) is 3.41. The molecule has 1 aromatic carbocycles. The van der Waals surface area contributed by atoms with Crippen LogP contribution in [-0.4, -0.2) is 10.9 Å². The van der Waals surface area contributed by atoms with Crippen molar-refractivity contribution in [2.45, 2.75) is 0 Å². The van der Waals surface area contributed by atoms with E-state index in [4.69, 9.17) is 17.4 Å². The molecule has 0 atom stereocenters. The topological polar surface area (TPSA) is 70.9 Å². The van der Waals surface area contributed by atoms with Crippen LogP contribution in [0.25, 0.3) is 10.9 Å². The van der Waals surface area contributed by atoms with Gasteiger partial charge in [0.1, 0.15) is 0 Å². The number of aromatic nitrogens is 1. The Morgan fingerprint density at radius 1 is 1.50 bits per heavy atom. The van der Waals surface area contributed by atoms with E-state index in [1.807, 2.05) is 0 Å². The van der Waals surface area contributed by atoms with Crippen LogP contribution in [0.5, 0.6) is 0 Å². The maximum absolute atomic E-state index is 11.3. The molecule has 72 valence electrons. The summed E-state index contributed by atoms with van der Waals surface area (Å²) in [5, 5.41) is 1.43. The van der Waals surface area contributed by atoms with Crippen molar-refractivity contribution in [1.29, 1.82) is 0 Å². The van der Waals surface area contributed by atoms with Crippen LogP contribution >= 0.6 is 11.6 Å². The number of nitrogens with one attached hydrogen (secondary N) is 2. The number of fused-ring (bicyclic) bond motifs is 1. The van der Waals surface area contributed by atoms with Gasteiger partial charge in [0.05, 0.1) is 5.56 Å². The van der Waals surface area contributed by atoms with Crippen LogP contribution in [0, 0.1) is 0 Å². The fraction of sp³-hybridized carbons (Fsp3) is 0. The number of aromatic amines is 1. The van der Waals surface area contributed by atoms with Gasteiger partial charge in [-0.25, -0.2) is 5.84 Å². The summed E-state index contributed by atoms with van der Waals surface area (Å²) in [6.45, 7) is 0. The smallest absolute Gasteiger partial charge is 0.267 e. The Kier molecular flexibility index (Phi) is 2.15. The molecule has 2 aromatic rings. The third kappa shape index (κ3) is 1.34. The minimum absolute atomic E-state index is 0.321. The van der Waals surface area contributed by atoms with E-state index < -0.39 is 0 Å². The van der Waals surface area contributed by atoms with Gasteiger partial charge in [0.2, 0.25) is 0 Å². The Morgan fingerprint density at radius 3 is 3.00 bits per heavy atom. The molecule has 1 heterocycles. The lowest BCUT2D eigenvalue weighted by Crippen LogP contribution is -2.29. The molecule has 14 heavy (non-hydrogen) atoms. The van der Waals surface area contributed by atoms with Gasteiger partial charge in [-0.2, -0.15) is 0 Å². The lowest BCUT2D eigenvalue weighted by molar-refractivity contribution is 0.0955. The van der Waals surface area contributed by atoms with Crippen molar-refractivity contribution >= 4 is 28.4 Å². The quantitative estimate of drug-likeness (QED) is 0.378. The van der Waals surface area contributed by atoms with Crippen LogP contribution < -0.4 is 11.3 Å². The summed E-state index contributed by atoms with van der Waals surface area (Å²) in [6, 6.07) is 5.26. The van der Waals surface area contributed by atoms with Crippen LogP contribution in [0.4, 0.5) is 0 Å². The maximum atomic E-state index is 11.3. The molecule has 4 N–H and O–H groups in total. The van der Waals surface area contributed by atoms with Crippen molar-refractivity contribution in [2.75, 3.05) is 0 Å². The Morgan fingerprint density at radius 2 is 2.29 bits per heavy atom. The first-order valence-electron chi connectivity index (χ1n) is 4.00. The van der Waals surface area contributed by atoms with Gasteiger partial charge >= 0.3 is 0 Å². The predicted octanol–water partition coefficient (Wildman–Crippen LogP) is 1.42. The average molecular weight is 210 g/mol. The van der Waals surface area contributed by atoms with Crippen molar-refractivity contribution < 1.29 is 4.79 Å². The number of rotatable bonds is 1. The number of hydrogen-bond donors (Lipinski definition) is 3. The highest BCUT2D eigenvalue weighted by Gasteiger charge is 2.10. The molecular weight excluding hydrogens is 202 g/mol. The van der Waals surface area contributed by atoms with Gasteiger partial charge in [-0.05, 0) is 12.1 Å². The number of benzene rings is 1. The maximum Gasteiger partial charge on any atom is 0.267 e. The molecule has 0 fully saturated rings. The molecule has 0 saturated carbocycles. The minimum atomic E-state index is -0.321. The predicted molar refractivity (Wildman–Crippen MR) is 55.0 cm³/mol. The van der Waals surface area contributed by atoms with Crippen molar-refractivity contribution in [1.82, 2.24) is 10.4 Å². The van der Waals surface area contributed by atoms with Gasteiger partial charge < -0.3 is 4.98 Å². The summed E-state index contributed by atoms with van der Waals surface area (Å²) >= 11 is 5.80. The van der Waals surface area contributed by atoms with E-state index in [1.54, 1.807) is 24.4 Å². The zero-order valence-corrected chi connectivity index (χ0v) is 7.93. The van der Waals surface area contributed by atoms with Crippen molar-refractivity contribution in [3.05, 3.63) is 35.0 Å². The van der Waals surface area contributed by atoms with Gasteiger partial charge in [-0.3, -0.25) is 10.2 Å². The molecule has 0 radical (unpaired) electrons. The first kappa shape index (κ1) is 9.05. The zero-order valence-electron chi connectivity index (χ0n) is 7.17. The Balaban J connectivity index is 2.64. The number of carbonyl (C=O) groups is 1. The summed E-state index contributed by atoms with van der Waals surface area (Å²) in [5.74, 6) is 4.72. The van der Waals surface area contributed by atoms with E-state index in [9.17, 15) is 4.79 Å².